The van der Waals surface area contributed by atoms with Gasteiger partial charge in [-0.15, -0.1) is 0 Å². The van der Waals surface area contributed by atoms with Crippen molar-refractivity contribution in [2.45, 2.75) is 0 Å². The molecule has 0 aliphatic rings. The number of anilines is 2. The van der Waals surface area contributed by atoms with Crippen molar-refractivity contribution in [1.82, 2.24) is 9.97 Å². The molecule has 4 nitrogen and oxygen atoms in total. The summed E-state index contributed by atoms with van der Waals surface area (Å²) >= 11 is 0. The zero-order valence-corrected chi connectivity index (χ0v) is 19.3. The van der Waals surface area contributed by atoms with Crippen molar-refractivity contribution >= 4 is 11.4 Å². The molecule has 2 N–H and O–H groups in total. The third-order valence-corrected chi connectivity index (χ3v) is 5.90. The van der Waals surface area contributed by atoms with Crippen molar-refractivity contribution in [1.29, 1.82) is 0 Å². The second-order valence-corrected chi connectivity index (χ2v) is 8.03. The van der Waals surface area contributed by atoms with Gasteiger partial charge in [0, 0.05) is 47.7 Å². The first-order valence-corrected chi connectivity index (χ1v) is 11.4. The number of benzene rings is 4. The van der Waals surface area contributed by atoms with Gasteiger partial charge in [-0.25, -0.2) is 9.97 Å². The molecule has 0 amide bonds. The van der Waals surface area contributed by atoms with Gasteiger partial charge in [-0.05, 0) is 29.8 Å². The summed E-state index contributed by atoms with van der Waals surface area (Å²) in [6, 6.07) is 37.3. The molecule has 0 radical (unpaired) electrons. The highest BCUT2D eigenvalue weighted by atomic mass is 14.9. The molecule has 0 saturated carbocycles. The monoisotopic (exact) mass is 442 g/mol. The lowest BCUT2D eigenvalue weighted by molar-refractivity contribution is 1.18. The van der Waals surface area contributed by atoms with Crippen LogP contribution in [0.5, 0.6) is 0 Å². The van der Waals surface area contributed by atoms with Crippen molar-refractivity contribution in [2.24, 2.45) is 0 Å². The van der Waals surface area contributed by atoms with E-state index in [1.807, 2.05) is 50.5 Å². The minimum atomic E-state index is 0.713. The van der Waals surface area contributed by atoms with E-state index in [2.05, 4.69) is 83.4 Å². The molecule has 0 bridgehead atoms. The van der Waals surface area contributed by atoms with Crippen LogP contribution in [0.2, 0.25) is 0 Å². The first kappa shape index (κ1) is 21.4. The fourth-order valence-electron chi connectivity index (χ4n) is 4.05. The van der Waals surface area contributed by atoms with E-state index in [1.54, 1.807) is 0 Å². The second-order valence-electron chi connectivity index (χ2n) is 8.03. The Labute approximate surface area is 200 Å². The van der Waals surface area contributed by atoms with E-state index >= 15 is 0 Å². The minimum absolute atomic E-state index is 0.713. The molecule has 0 aliphatic carbocycles. The number of rotatable bonds is 6. The summed E-state index contributed by atoms with van der Waals surface area (Å²) < 4.78 is 0. The van der Waals surface area contributed by atoms with Gasteiger partial charge in [-0.3, -0.25) is 0 Å². The van der Waals surface area contributed by atoms with Crippen LogP contribution in [0.15, 0.2) is 109 Å². The molecule has 0 spiro atoms. The average Bonchev–Trinajstić information content (AvgIpc) is 2.93. The third-order valence-electron chi connectivity index (χ3n) is 5.90. The molecule has 0 saturated heterocycles. The summed E-state index contributed by atoms with van der Waals surface area (Å²) in [6.07, 6.45) is 0. The zero-order chi connectivity index (χ0) is 23.3. The molecule has 5 rings (SSSR count). The molecule has 1 aromatic heterocycles. The molecule has 34 heavy (non-hydrogen) atoms. The van der Waals surface area contributed by atoms with Crippen LogP contribution < -0.4 is 10.6 Å². The van der Waals surface area contributed by atoms with Gasteiger partial charge in [0.05, 0.1) is 11.4 Å². The Morgan fingerprint density at radius 1 is 0.500 bits per heavy atom. The van der Waals surface area contributed by atoms with Crippen LogP contribution in [0, 0.1) is 0 Å². The lowest BCUT2D eigenvalue weighted by Crippen LogP contribution is -1.97. The molecule has 0 aliphatic heterocycles. The van der Waals surface area contributed by atoms with Gasteiger partial charge in [0.2, 0.25) is 0 Å². The second kappa shape index (κ2) is 9.59. The van der Waals surface area contributed by atoms with Gasteiger partial charge in [0.25, 0.3) is 0 Å². The summed E-state index contributed by atoms with van der Waals surface area (Å²) in [5.41, 5.74) is 9.38. The van der Waals surface area contributed by atoms with Crippen LogP contribution in [-0.2, 0) is 0 Å². The Kier molecular flexibility index (Phi) is 6.04. The third kappa shape index (κ3) is 4.39. The SMILES string of the molecule is CNc1ccc(NC)c(-c2ccc(-c3nc(-c4ccccc4)cc(-c4ccccc4)n3)cc2)c1. The number of hydrogen-bond acceptors (Lipinski definition) is 4. The normalized spacial score (nSPS) is 10.6. The Bertz CT molecular complexity index is 1340. The molecule has 5 aromatic rings. The molecule has 1 heterocycles. The maximum Gasteiger partial charge on any atom is 0.160 e. The quantitative estimate of drug-likeness (QED) is 0.291. The molecular formula is C30H26N4. The van der Waals surface area contributed by atoms with Crippen LogP contribution in [0.25, 0.3) is 45.0 Å². The highest BCUT2D eigenvalue weighted by molar-refractivity contribution is 5.82. The molecule has 0 unspecified atom stereocenters. The van der Waals surface area contributed by atoms with E-state index in [-0.39, 0.29) is 0 Å². The molecule has 166 valence electrons. The predicted molar refractivity (Wildman–Crippen MR) is 143 cm³/mol. The lowest BCUT2D eigenvalue weighted by atomic mass is 10.0. The highest BCUT2D eigenvalue weighted by Gasteiger charge is 2.11. The first-order chi connectivity index (χ1) is 16.7. The first-order valence-electron chi connectivity index (χ1n) is 11.4. The van der Waals surface area contributed by atoms with Gasteiger partial charge in [0.15, 0.2) is 5.82 Å². The van der Waals surface area contributed by atoms with E-state index in [9.17, 15) is 0 Å². The topological polar surface area (TPSA) is 49.8 Å². The maximum atomic E-state index is 4.93. The number of nitrogens with one attached hydrogen (secondary N) is 2. The summed E-state index contributed by atoms with van der Waals surface area (Å²) in [5.74, 6) is 0.713. The molecule has 4 aromatic carbocycles. The van der Waals surface area contributed by atoms with Crippen LogP contribution >= 0.6 is 0 Å². The Morgan fingerprint density at radius 3 is 1.59 bits per heavy atom. The minimum Gasteiger partial charge on any atom is -0.388 e. The predicted octanol–water partition coefficient (Wildman–Crippen LogP) is 7.23. The molecule has 0 atom stereocenters. The summed E-state index contributed by atoms with van der Waals surface area (Å²) in [4.78, 5) is 9.86. The van der Waals surface area contributed by atoms with Gasteiger partial charge in [-0.1, -0.05) is 84.9 Å². The standard InChI is InChI=1S/C30H26N4/c1-31-25-17-18-27(32-2)26(19-25)21-13-15-24(16-14-21)30-33-28(22-9-5-3-6-10-22)20-29(34-30)23-11-7-4-8-12-23/h3-20,31-32H,1-2H3. The van der Waals surface area contributed by atoms with Crippen LogP contribution in [-0.4, -0.2) is 24.1 Å². The summed E-state index contributed by atoms with van der Waals surface area (Å²) in [5, 5.41) is 6.51. The van der Waals surface area contributed by atoms with Gasteiger partial charge < -0.3 is 10.6 Å². The number of nitrogens with zero attached hydrogens (tertiary/aromatic N) is 2. The van der Waals surface area contributed by atoms with Gasteiger partial charge in [-0.2, -0.15) is 0 Å². The zero-order valence-electron chi connectivity index (χ0n) is 19.3. The van der Waals surface area contributed by atoms with E-state index in [1.165, 1.54) is 0 Å². The van der Waals surface area contributed by atoms with E-state index < -0.39 is 0 Å². The Balaban J connectivity index is 1.59. The van der Waals surface area contributed by atoms with Crippen molar-refractivity contribution in [3.05, 3.63) is 109 Å². The largest absolute Gasteiger partial charge is 0.388 e. The van der Waals surface area contributed by atoms with Crippen LogP contribution in [0.1, 0.15) is 0 Å². The van der Waals surface area contributed by atoms with Crippen LogP contribution in [0.3, 0.4) is 0 Å². The van der Waals surface area contributed by atoms with Gasteiger partial charge in [0.1, 0.15) is 0 Å². The van der Waals surface area contributed by atoms with Crippen molar-refractivity contribution < 1.29 is 0 Å². The molecule has 4 heteroatoms. The van der Waals surface area contributed by atoms with Crippen molar-refractivity contribution in [2.75, 3.05) is 24.7 Å². The van der Waals surface area contributed by atoms with Crippen molar-refractivity contribution in [3.8, 4) is 45.0 Å². The maximum absolute atomic E-state index is 4.93. The summed E-state index contributed by atoms with van der Waals surface area (Å²) in [6.45, 7) is 0. The highest BCUT2D eigenvalue weighted by Crippen LogP contribution is 2.33. The average molecular weight is 443 g/mol. The lowest BCUT2D eigenvalue weighted by Gasteiger charge is -2.13. The van der Waals surface area contributed by atoms with E-state index in [0.717, 1.165) is 50.6 Å². The van der Waals surface area contributed by atoms with E-state index in [0.29, 0.717) is 5.82 Å². The summed E-state index contributed by atoms with van der Waals surface area (Å²) in [7, 11) is 3.88. The molecule has 0 fully saturated rings. The number of hydrogen-bond donors (Lipinski definition) is 2. The fraction of sp³-hybridized carbons (Fsp3) is 0.0667. The van der Waals surface area contributed by atoms with E-state index in [4.69, 9.17) is 9.97 Å². The number of aromatic nitrogens is 2. The Morgan fingerprint density at radius 2 is 1.06 bits per heavy atom. The molecular weight excluding hydrogens is 416 g/mol. The fourth-order valence-corrected chi connectivity index (χ4v) is 4.05. The van der Waals surface area contributed by atoms with Crippen LogP contribution in [0.4, 0.5) is 11.4 Å². The van der Waals surface area contributed by atoms with Gasteiger partial charge >= 0.3 is 0 Å². The smallest absolute Gasteiger partial charge is 0.160 e. The Hall–Kier alpha value is -4.44. The van der Waals surface area contributed by atoms with Crippen molar-refractivity contribution in [3.63, 3.8) is 0 Å².